The van der Waals surface area contributed by atoms with Crippen LogP contribution in [0.15, 0.2) is 35.3 Å². The molecule has 28 heavy (non-hydrogen) atoms. The number of fused-ring (bicyclic) bond motifs is 2. The lowest BCUT2D eigenvalue weighted by molar-refractivity contribution is 0.0695. The second-order valence-corrected chi connectivity index (χ2v) is 7.32. The van der Waals surface area contributed by atoms with Crippen molar-refractivity contribution in [3.63, 3.8) is 0 Å². The zero-order chi connectivity index (χ0) is 19.6. The molecule has 0 radical (unpaired) electrons. The van der Waals surface area contributed by atoms with Crippen LogP contribution in [0.25, 0.3) is 11.0 Å². The van der Waals surface area contributed by atoms with Crippen molar-refractivity contribution in [3.8, 4) is 0 Å². The van der Waals surface area contributed by atoms with Gasteiger partial charge in [0.25, 0.3) is 0 Å². The summed E-state index contributed by atoms with van der Waals surface area (Å²) in [6.07, 6.45) is 3.07. The van der Waals surface area contributed by atoms with Crippen LogP contribution in [-0.4, -0.2) is 20.6 Å². The topological polar surface area (TPSA) is 101 Å². The van der Waals surface area contributed by atoms with Gasteiger partial charge in [-0.2, -0.15) is 0 Å². The van der Waals surface area contributed by atoms with E-state index in [0.29, 0.717) is 24.4 Å². The Morgan fingerprint density at radius 2 is 2.07 bits per heavy atom. The molecule has 1 aliphatic carbocycles. The van der Waals surface area contributed by atoms with Gasteiger partial charge in [0.1, 0.15) is 11.2 Å². The lowest BCUT2D eigenvalue weighted by Crippen LogP contribution is -2.22. The van der Waals surface area contributed by atoms with Crippen molar-refractivity contribution < 1.29 is 14.3 Å². The highest BCUT2D eigenvalue weighted by Gasteiger charge is 2.30. The molecule has 0 saturated heterocycles. The summed E-state index contributed by atoms with van der Waals surface area (Å²) in [6.45, 7) is 0.898. The van der Waals surface area contributed by atoms with Gasteiger partial charge in [-0.05, 0) is 36.1 Å². The number of nitrogen functional groups attached to an aromatic ring is 1. The van der Waals surface area contributed by atoms with E-state index in [1.54, 1.807) is 9.47 Å². The van der Waals surface area contributed by atoms with Crippen molar-refractivity contribution >= 4 is 28.5 Å². The molecule has 7 nitrogen and oxygen atoms in total. The summed E-state index contributed by atoms with van der Waals surface area (Å²) in [5.74, 6) is -1.84. The summed E-state index contributed by atoms with van der Waals surface area (Å²) in [6, 6.07) is 6.81. The average molecular weight is 380 g/mol. The summed E-state index contributed by atoms with van der Waals surface area (Å²) >= 11 is 0. The van der Waals surface area contributed by atoms with Crippen LogP contribution in [-0.2, 0) is 13.1 Å². The van der Waals surface area contributed by atoms with Crippen LogP contribution in [0.4, 0.5) is 15.9 Å². The van der Waals surface area contributed by atoms with Gasteiger partial charge in [0.15, 0.2) is 11.6 Å². The lowest BCUT2D eigenvalue weighted by atomic mass is 10.1. The summed E-state index contributed by atoms with van der Waals surface area (Å²) in [4.78, 5) is 30.2. The van der Waals surface area contributed by atoms with Crippen molar-refractivity contribution in [1.82, 2.24) is 9.55 Å². The minimum atomic E-state index is -1.32. The van der Waals surface area contributed by atoms with Crippen molar-refractivity contribution in [2.45, 2.75) is 32.0 Å². The van der Waals surface area contributed by atoms with Gasteiger partial charge in [-0.3, -0.25) is 4.79 Å². The first-order valence-corrected chi connectivity index (χ1v) is 9.04. The van der Waals surface area contributed by atoms with Crippen molar-refractivity contribution in [1.29, 1.82) is 0 Å². The molecule has 5 rings (SSSR count). The van der Waals surface area contributed by atoms with Gasteiger partial charge in [-0.25, -0.2) is 14.2 Å². The summed E-state index contributed by atoms with van der Waals surface area (Å²) in [7, 11) is 0. The second kappa shape index (κ2) is 5.79. The van der Waals surface area contributed by atoms with E-state index in [1.807, 2.05) is 18.2 Å². The fraction of sp³-hybridized carbons (Fsp3) is 0.250. The predicted molar refractivity (Wildman–Crippen MR) is 102 cm³/mol. The lowest BCUT2D eigenvalue weighted by Gasteiger charge is -2.19. The number of aromatic carboxylic acids is 1. The molecule has 0 spiro atoms. The third-order valence-electron chi connectivity index (χ3n) is 5.43. The van der Waals surface area contributed by atoms with Gasteiger partial charge in [0.2, 0.25) is 5.43 Å². The van der Waals surface area contributed by atoms with Crippen LogP contribution in [0, 0.1) is 5.82 Å². The number of nitrogens with zero attached hydrogens (tertiary/aromatic N) is 3. The summed E-state index contributed by atoms with van der Waals surface area (Å²) in [5.41, 5.74) is 7.89. The third-order valence-corrected chi connectivity index (χ3v) is 5.43. The molecular formula is C20H17FN4O3. The number of carboxylic acids is 1. The Morgan fingerprint density at radius 3 is 2.75 bits per heavy atom. The van der Waals surface area contributed by atoms with E-state index in [1.165, 1.54) is 6.20 Å². The molecule has 1 aromatic carbocycles. The Balaban J connectivity index is 1.68. The number of carboxylic acid groups (broad SMARTS) is 1. The highest BCUT2D eigenvalue weighted by Crippen LogP contribution is 2.38. The molecule has 3 aromatic rings. The maximum Gasteiger partial charge on any atom is 0.341 e. The third kappa shape index (κ3) is 2.45. The Hall–Kier alpha value is -3.42. The van der Waals surface area contributed by atoms with Crippen LogP contribution < -0.4 is 16.1 Å². The zero-order valence-corrected chi connectivity index (χ0v) is 14.9. The molecule has 2 aromatic heterocycles. The van der Waals surface area contributed by atoms with E-state index in [9.17, 15) is 19.1 Å². The van der Waals surface area contributed by atoms with Gasteiger partial charge >= 0.3 is 5.97 Å². The number of aromatic nitrogens is 2. The molecule has 8 heteroatoms. The average Bonchev–Trinajstić information content (AvgIpc) is 3.40. The number of hydrogen-bond donors (Lipinski definition) is 2. The molecule has 0 unspecified atom stereocenters. The Kier molecular flexibility index (Phi) is 3.46. The molecule has 3 N–H and O–H groups in total. The second-order valence-electron chi connectivity index (χ2n) is 7.32. The standard InChI is InChI=1S/C20H17FN4O3/c21-15-6-12-17(26)14(20(27)28)9-25(11-4-5-11)18(12)23-19(15)24-7-10-2-1-3-16(22)13(10)8-24/h1-3,6,9,11H,4-5,7-8,22H2,(H,27,28). The highest BCUT2D eigenvalue weighted by molar-refractivity contribution is 5.92. The van der Waals surface area contributed by atoms with E-state index in [-0.39, 0.29) is 22.8 Å². The van der Waals surface area contributed by atoms with E-state index in [2.05, 4.69) is 4.98 Å². The van der Waals surface area contributed by atoms with E-state index in [4.69, 9.17) is 5.73 Å². The largest absolute Gasteiger partial charge is 0.477 e. The van der Waals surface area contributed by atoms with Gasteiger partial charge in [0.05, 0.1) is 5.39 Å². The first-order valence-electron chi connectivity index (χ1n) is 9.04. The maximum atomic E-state index is 14.9. The molecule has 2 aliphatic rings. The minimum absolute atomic E-state index is 0.00993. The zero-order valence-electron chi connectivity index (χ0n) is 14.9. The fourth-order valence-corrected chi connectivity index (χ4v) is 3.84. The predicted octanol–water partition coefficient (Wildman–Crippen LogP) is 2.67. The highest BCUT2D eigenvalue weighted by atomic mass is 19.1. The van der Waals surface area contributed by atoms with Crippen molar-refractivity contribution in [2.24, 2.45) is 0 Å². The Labute approximate surface area is 158 Å². The van der Waals surface area contributed by atoms with Crippen LogP contribution in [0.3, 0.4) is 0 Å². The van der Waals surface area contributed by atoms with Crippen LogP contribution in [0.2, 0.25) is 0 Å². The smallest absolute Gasteiger partial charge is 0.341 e. The van der Waals surface area contributed by atoms with Crippen molar-refractivity contribution in [3.05, 3.63) is 63.2 Å². The van der Waals surface area contributed by atoms with Crippen LogP contribution in [0.5, 0.6) is 0 Å². The fourth-order valence-electron chi connectivity index (χ4n) is 3.84. The molecule has 1 fully saturated rings. The van der Waals surface area contributed by atoms with E-state index >= 15 is 0 Å². The number of rotatable bonds is 3. The quantitative estimate of drug-likeness (QED) is 0.678. The number of halogens is 1. The summed E-state index contributed by atoms with van der Waals surface area (Å²) in [5, 5.41) is 9.32. The van der Waals surface area contributed by atoms with E-state index in [0.717, 1.165) is 30.0 Å². The van der Waals surface area contributed by atoms with Crippen molar-refractivity contribution in [2.75, 3.05) is 10.6 Å². The molecule has 142 valence electrons. The molecule has 0 bridgehead atoms. The van der Waals surface area contributed by atoms with Gasteiger partial charge in [0, 0.05) is 31.0 Å². The van der Waals surface area contributed by atoms with Gasteiger partial charge in [-0.15, -0.1) is 0 Å². The van der Waals surface area contributed by atoms with Crippen LogP contribution >= 0.6 is 0 Å². The molecule has 0 atom stereocenters. The molecule has 1 aliphatic heterocycles. The molecule has 0 amide bonds. The number of hydrogen-bond acceptors (Lipinski definition) is 5. The maximum absolute atomic E-state index is 14.9. The number of carbonyl (C=O) groups is 1. The van der Waals surface area contributed by atoms with E-state index < -0.39 is 17.2 Å². The minimum Gasteiger partial charge on any atom is -0.477 e. The first-order chi connectivity index (χ1) is 13.4. The normalized spacial score (nSPS) is 15.8. The monoisotopic (exact) mass is 380 g/mol. The Morgan fingerprint density at radius 1 is 1.29 bits per heavy atom. The molecular weight excluding hydrogens is 363 g/mol. The van der Waals surface area contributed by atoms with Gasteiger partial charge < -0.3 is 20.3 Å². The molecule has 3 heterocycles. The summed E-state index contributed by atoms with van der Waals surface area (Å²) < 4.78 is 16.6. The van der Waals surface area contributed by atoms with Gasteiger partial charge in [-0.1, -0.05) is 12.1 Å². The Bertz CT molecular complexity index is 1220. The number of benzene rings is 1. The molecule has 1 saturated carbocycles. The van der Waals surface area contributed by atoms with Crippen LogP contribution in [0.1, 0.15) is 40.4 Å². The first kappa shape index (κ1) is 16.7. The number of pyridine rings is 2. The SMILES string of the molecule is Nc1cccc2c1CN(c1nc3c(cc1F)c(=O)c(C(=O)O)cn3C1CC1)C2. The number of nitrogens with two attached hydrogens (primary N) is 1. The number of anilines is 2.